The van der Waals surface area contributed by atoms with Gasteiger partial charge in [-0.15, -0.1) is 0 Å². The van der Waals surface area contributed by atoms with Gasteiger partial charge in [0.05, 0.1) is 26.7 Å². The predicted molar refractivity (Wildman–Crippen MR) is 148 cm³/mol. The Morgan fingerprint density at radius 1 is 0.905 bits per heavy atom. The molecule has 2 aromatic rings. The molecule has 224 valence electrons. The Hall–Kier alpha value is -3.86. The van der Waals surface area contributed by atoms with Crippen molar-refractivity contribution < 1.29 is 43.1 Å². The van der Waals surface area contributed by atoms with Gasteiger partial charge in [0.25, 0.3) is 0 Å². The number of rotatable bonds is 5. The zero-order chi connectivity index (χ0) is 29.0. The van der Waals surface area contributed by atoms with Gasteiger partial charge in [0.1, 0.15) is 6.10 Å². The van der Waals surface area contributed by atoms with Gasteiger partial charge in [-0.1, -0.05) is 12.8 Å². The van der Waals surface area contributed by atoms with Crippen LogP contribution >= 0.6 is 0 Å². The SMILES string of the molecule is COc1cc([C@@H]2c3cc4c(cc3[C@@H](OC(=O)N3CCN(C5CCCC5)CC3)[C@H]3COC(=O)[C@H]23)OCO4)cc(OC)c1O. The first-order valence-corrected chi connectivity index (χ1v) is 14.7. The number of fused-ring (bicyclic) bond motifs is 3. The Balaban J connectivity index is 1.24. The molecule has 2 aliphatic carbocycles. The van der Waals surface area contributed by atoms with Crippen molar-refractivity contribution in [1.29, 1.82) is 0 Å². The molecule has 0 spiro atoms. The van der Waals surface area contributed by atoms with Gasteiger partial charge in [0, 0.05) is 49.6 Å². The third-order valence-corrected chi connectivity index (χ3v) is 9.62. The summed E-state index contributed by atoms with van der Waals surface area (Å²) in [6.45, 7) is 3.08. The summed E-state index contributed by atoms with van der Waals surface area (Å²) in [5, 5.41) is 10.6. The highest BCUT2D eigenvalue weighted by molar-refractivity contribution is 5.79. The lowest BCUT2D eigenvalue weighted by Crippen LogP contribution is -2.52. The number of piperazine rings is 1. The van der Waals surface area contributed by atoms with Crippen molar-refractivity contribution in [2.24, 2.45) is 11.8 Å². The third-order valence-electron chi connectivity index (χ3n) is 9.62. The molecule has 0 bridgehead atoms. The molecule has 0 radical (unpaired) electrons. The van der Waals surface area contributed by atoms with Gasteiger partial charge >= 0.3 is 12.1 Å². The maximum atomic E-state index is 13.6. The van der Waals surface area contributed by atoms with Gasteiger partial charge in [0.15, 0.2) is 23.0 Å². The Labute approximate surface area is 244 Å². The number of cyclic esters (lactones) is 1. The topological polar surface area (TPSA) is 116 Å². The number of esters is 1. The molecule has 3 heterocycles. The molecule has 0 unspecified atom stereocenters. The van der Waals surface area contributed by atoms with Gasteiger partial charge < -0.3 is 38.4 Å². The van der Waals surface area contributed by atoms with Crippen molar-refractivity contribution in [3.8, 4) is 28.7 Å². The van der Waals surface area contributed by atoms with Crippen molar-refractivity contribution in [3.05, 3.63) is 41.0 Å². The van der Waals surface area contributed by atoms with E-state index in [0.717, 1.165) is 24.2 Å². The molecule has 3 fully saturated rings. The molecule has 1 N–H and O–H groups in total. The molecule has 7 rings (SSSR count). The number of amides is 1. The van der Waals surface area contributed by atoms with Gasteiger partial charge in [-0.3, -0.25) is 9.69 Å². The van der Waals surface area contributed by atoms with Crippen LogP contribution in [0.5, 0.6) is 28.7 Å². The van der Waals surface area contributed by atoms with Gasteiger partial charge in [0.2, 0.25) is 12.5 Å². The summed E-state index contributed by atoms with van der Waals surface area (Å²) in [7, 11) is 2.92. The zero-order valence-corrected chi connectivity index (χ0v) is 23.9. The molecule has 11 heteroatoms. The molecule has 11 nitrogen and oxygen atoms in total. The van der Waals surface area contributed by atoms with E-state index in [1.807, 2.05) is 12.1 Å². The average molecular weight is 581 g/mol. The fourth-order valence-corrected chi connectivity index (χ4v) is 7.48. The van der Waals surface area contributed by atoms with E-state index in [0.29, 0.717) is 36.2 Å². The monoisotopic (exact) mass is 580 g/mol. The number of benzene rings is 2. The summed E-state index contributed by atoms with van der Waals surface area (Å²) in [6, 6.07) is 7.74. The molecule has 3 aliphatic heterocycles. The Kier molecular flexibility index (Phi) is 6.92. The van der Waals surface area contributed by atoms with Crippen molar-refractivity contribution in [1.82, 2.24) is 9.80 Å². The zero-order valence-electron chi connectivity index (χ0n) is 23.9. The number of carbonyl (C=O) groups is 2. The van der Waals surface area contributed by atoms with Gasteiger partial charge in [-0.25, -0.2) is 4.79 Å². The highest BCUT2D eigenvalue weighted by atomic mass is 16.7. The smallest absolute Gasteiger partial charge is 0.410 e. The minimum Gasteiger partial charge on any atom is -0.502 e. The van der Waals surface area contributed by atoms with E-state index in [9.17, 15) is 14.7 Å². The van der Waals surface area contributed by atoms with Crippen LogP contribution < -0.4 is 18.9 Å². The van der Waals surface area contributed by atoms with E-state index in [-0.39, 0.29) is 42.7 Å². The molecule has 4 atom stereocenters. The van der Waals surface area contributed by atoms with E-state index in [4.69, 9.17) is 28.4 Å². The lowest BCUT2D eigenvalue weighted by molar-refractivity contribution is -0.141. The van der Waals surface area contributed by atoms with Crippen LogP contribution in [0.2, 0.25) is 0 Å². The fraction of sp³-hybridized carbons (Fsp3) is 0.548. The van der Waals surface area contributed by atoms with Gasteiger partial charge in [-0.05, 0) is 48.2 Å². The number of nitrogens with zero attached hydrogens (tertiary/aromatic N) is 2. The predicted octanol–water partition coefficient (Wildman–Crippen LogP) is 3.81. The second-order valence-electron chi connectivity index (χ2n) is 11.7. The highest BCUT2D eigenvalue weighted by Crippen LogP contribution is 2.56. The number of methoxy groups -OCH3 is 2. The number of aromatic hydroxyl groups is 1. The summed E-state index contributed by atoms with van der Waals surface area (Å²) in [4.78, 5) is 31.2. The first-order chi connectivity index (χ1) is 20.5. The van der Waals surface area contributed by atoms with Gasteiger partial charge in [-0.2, -0.15) is 0 Å². The summed E-state index contributed by atoms with van der Waals surface area (Å²) in [5.41, 5.74) is 2.20. The van der Waals surface area contributed by atoms with Crippen molar-refractivity contribution in [2.75, 3.05) is 53.8 Å². The van der Waals surface area contributed by atoms with Crippen molar-refractivity contribution in [3.63, 3.8) is 0 Å². The molecular formula is C31H36N2O9. The summed E-state index contributed by atoms with van der Waals surface area (Å²) < 4.78 is 34.2. The van der Waals surface area contributed by atoms with Crippen LogP contribution in [0.3, 0.4) is 0 Å². The summed E-state index contributed by atoms with van der Waals surface area (Å²) in [6.07, 6.45) is 3.91. The minimum absolute atomic E-state index is 0.0778. The normalized spacial score (nSPS) is 26.9. The Morgan fingerprint density at radius 3 is 2.19 bits per heavy atom. The van der Waals surface area contributed by atoms with Crippen LogP contribution in [0.25, 0.3) is 0 Å². The van der Waals surface area contributed by atoms with Crippen LogP contribution in [0.15, 0.2) is 24.3 Å². The fourth-order valence-electron chi connectivity index (χ4n) is 7.48. The molecule has 2 saturated heterocycles. The van der Waals surface area contributed by atoms with Crippen LogP contribution in [-0.4, -0.2) is 86.8 Å². The molecule has 0 aromatic heterocycles. The molecule has 1 amide bonds. The number of hydrogen-bond acceptors (Lipinski definition) is 10. The number of phenolic OH excluding ortho intramolecular Hbond substituents is 1. The molecule has 1 saturated carbocycles. The van der Waals surface area contributed by atoms with Crippen LogP contribution in [0.1, 0.15) is 54.4 Å². The Morgan fingerprint density at radius 2 is 1.55 bits per heavy atom. The molecule has 5 aliphatic rings. The standard InChI is InChI=1S/C31H36N2O9/c1-37-24-11-17(12-25(38-2)28(24)34)26-19-13-22-23(41-16-40-22)14-20(19)29(21-15-39-30(35)27(21)26)42-31(36)33-9-7-32(8-10-33)18-5-3-4-6-18/h11-14,18,21,26-27,29,34H,3-10,15-16H2,1-2H3/t21-,26+,27-,29+/m0/s1. The number of ether oxygens (including phenoxy) is 6. The minimum atomic E-state index is -0.719. The quantitative estimate of drug-likeness (QED) is 0.524. The number of hydrogen-bond donors (Lipinski definition) is 1. The summed E-state index contributed by atoms with van der Waals surface area (Å²) in [5.74, 6) is -0.514. The Bertz CT molecular complexity index is 1360. The molecular weight excluding hydrogens is 544 g/mol. The second-order valence-corrected chi connectivity index (χ2v) is 11.7. The lowest BCUT2D eigenvalue weighted by atomic mass is 9.66. The average Bonchev–Trinajstić information content (AvgIpc) is 3.79. The molecule has 42 heavy (non-hydrogen) atoms. The van der Waals surface area contributed by atoms with Crippen molar-refractivity contribution >= 4 is 12.1 Å². The second kappa shape index (κ2) is 10.8. The first-order valence-electron chi connectivity index (χ1n) is 14.7. The van der Waals surface area contributed by atoms with E-state index in [1.165, 1.54) is 39.9 Å². The van der Waals surface area contributed by atoms with E-state index in [2.05, 4.69) is 4.90 Å². The number of carbonyl (C=O) groups excluding carboxylic acids is 2. The van der Waals surface area contributed by atoms with E-state index >= 15 is 0 Å². The largest absolute Gasteiger partial charge is 0.502 e. The maximum absolute atomic E-state index is 13.6. The van der Waals surface area contributed by atoms with Crippen LogP contribution in [0.4, 0.5) is 4.79 Å². The third kappa shape index (κ3) is 4.45. The maximum Gasteiger partial charge on any atom is 0.410 e. The molecule has 2 aromatic carbocycles. The lowest BCUT2D eigenvalue weighted by Gasteiger charge is -2.41. The first kappa shape index (κ1) is 27.0. The van der Waals surface area contributed by atoms with E-state index in [1.54, 1.807) is 17.0 Å². The number of phenols is 1. The van der Waals surface area contributed by atoms with Crippen LogP contribution in [-0.2, 0) is 14.3 Å². The highest BCUT2D eigenvalue weighted by Gasteiger charge is 2.54. The van der Waals surface area contributed by atoms with Crippen molar-refractivity contribution in [2.45, 2.75) is 43.7 Å². The van der Waals surface area contributed by atoms with E-state index < -0.39 is 23.9 Å². The summed E-state index contributed by atoms with van der Waals surface area (Å²) >= 11 is 0. The van der Waals surface area contributed by atoms with Crippen LogP contribution in [0, 0.1) is 11.8 Å².